The maximum absolute atomic E-state index is 13.8. The molecule has 1 fully saturated rings. The van der Waals surface area contributed by atoms with Crippen molar-refractivity contribution in [1.29, 1.82) is 0 Å². The summed E-state index contributed by atoms with van der Waals surface area (Å²) in [5, 5.41) is 13.4. The highest BCUT2D eigenvalue weighted by Gasteiger charge is 2.20. The molecule has 1 amide bonds. The second-order valence-electron chi connectivity index (χ2n) is 11.9. The largest absolute Gasteiger partial charge is 0.478 e. The number of likely N-dealkylation sites (tertiary alicyclic amines) is 1. The van der Waals surface area contributed by atoms with Crippen LogP contribution in [0.5, 0.6) is 0 Å². The van der Waals surface area contributed by atoms with Gasteiger partial charge >= 0.3 is 5.97 Å². The summed E-state index contributed by atoms with van der Waals surface area (Å²) >= 11 is 0. The molecular weight excluding hydrogens is 630 g/mol. The summed E-state index contributed by atoms with van der Waals surface area (Å²) in [7, 11) is 0. The number of amides is 1. The van der Waals surface area contributed by atoms with Crippen LogP contribution in [-0.2, 0) is 0 Å². The van der Waals surface area contributed by atoms with Gasteiger partial charge in [-0.25, -0.2) is 33.5 Å². The van der Waals surface area contributed by atoms with Crippen molar-refractivity contribution >= 4 is 67.3 Å². The highest BCUT2D eigenvalue weighted by atomic mass is 19.1. The summed E-state index contributed by atoms with van der Waals surface area (Å²) in [5.41, 5.74) is 5.35. The van der Waals surface area contributed by atoms with Gasteiger partial charge in [-0.1, -0.05) is 24.3 Å². The minimum atomic E-state index is -1.11. The Labute approximate surface area is 276 Å². The molecule has 0 unspecified atom stereocenters. The van der Waals surface area contributed by atoms with E-state index in [4.69, 9.17) is 0 Å². The molecule has 0 saturated carbocycles. The third-order valence-electron chi connectivity index (χ3n) is 8.74. The molecule has 6 aromatic heterocycles. The van der Waals surface area contributed by atoms with Crippen LogP contribution in [0.2, 0.25) is 0 Å². The lowest BCUT2D eigenvalue weighted by Crippen LogP contribution is -2.33. The van der Waals surface area contributed by atoms with Crippen LogP contribution in [0.3, 0.4) is 0 Å². The number of aromatic carboxylic acids is 1. The van der Waals surface area contributed by atoms with E-state index in [0.29, 0.717) is 51.0 Å². The van der Waals surface area contributed by atoms with Crippen LogP contribution in [0, 0.1) is 11.6 Å². The van der Waals surface area contributed by atoms with Gasteiger partial charge in [0.05, 0.1) is 40.0 Å². The molecule has 2 N–H and O–H groups in total. The standard InChI is InChI=1S/C21H20FN5O.C15H8FN3O2/c22-15-11-14-12-16(21(28)23-7-10-26-8-3-4-9-26)20-25-17-5-1-2-6-18(17)27(20)19(14)24-13-15;16-9-5-8-6-10(15(20)21)14-18-11-3-1-2-4-12(11)19(14)13(8)17-7-9/h1-2,5-6,11-13H,3-4,7-10H2,(H,23,28);1-7H,(H,20,21). The van der Waals surface area contributed by atoms with Gasteiger partial charge in [0.15, 0.2) is 11.3 Å². The highest BCUT2D eigenvalue weighted by Crippen LogP contribution is 2.27. The van der Waals surface area contributed by atoms with E-state index in [0.717, 1.165) is 42.4 Å². The number of hydrogen-bond acceptors (Lipinski definition) is 7. The molecule has 2 aromatic carbocycles. The number of carboxylic acids is 1. The lowest BCUT2D eigenvalue weighted by molar-refractivity contribution is 0.0698. The van der Waals surface area contributed by atoms with E-state index >= 15 is 0 Å². The Morgan fingerprint density at radius 1 is 0.714 bits per heavy atom. The highest BCUT2D eigenvalue weighted by molar-refractivity contribution is 6.05. The predicted octanol–water partition coefficient (Wildman–Crippen LogP) is 5.87. The van der Waals surface area contributed by atoms with Gasteiger partial charge in [0.25, 0.3) is 5.91 Å². The van der Waals surface area contributed by atoms with E-state index in [1.54, 1.807) is 16.5 Å². The van der Waals surface area contributed by atoms with Crippen LogP contribution < -0.4 is 5.32 Å². The summed E-state index contributed by atoms with van der Waals surface area (Å²) < 4.78 is 30.6. The van der Waals surface area contributed by atoms with Gasteiger partial charge in [0.1, 0.15) is 28.5 Å². The Bertz CT molecular complexity index is 2590. The summed E-state index contributed by atoms with van der Waals surface area (Å²) in [6.45, 7) is 3.59. The average Bonchev–Trinajstić information content (AvgIpc) is 3.85. The molecule has 9 rings (SSSR count). The second kappa shape index (κ2) is 12.2. The number of nitrogens with one attached hydrogen (secondary N) is 1. The molecule has 1 saturated heterocycles. The third kappa shape index (κ3) is 5.43. The number of fused-ring (bicyclic) bond motifs is 10. The van der Waals surface area contributed by atoms with Gasteiger partial charge in [0.2, 0.25) is 0 Å². The van der Waals surface area contributed by atoms with Crippen molar-refractivity contribution in [3.63, 3.8) is 0 Å². The molecule has 8 aromatic rings. The molecule has 13 heteroatoms. The van der Waals surface area contributed by atoms with Gasteiger partial charge in [-0.05, 0) is 74.5 Å². The van der Waals surface area contributed by atoms with Gasteiger partial charge < -0.3 is 15.3 Å². The molecule has 0 spiro atoms. The lowest BCUT2D eigenvalue weighted by atomic mass is 10.2. The Balaban J connectivity index is 0.000000148. The van der Waals surface area contributed by atoms with Crippen molar-refractivity contribution < 1.29 is 23.5 Å². The molecule has 0 atom stereocenters. The van der Waals surface area contributed by atoms with E-state index in [9.17, 15) is 23.5 Å². The first-order valence-corrected chi connectivity index (χ1v) is 15.8. The number of halogens is 2. The third-order valence-corrected chi connectivity index (χ3v) is 8.74. The molecule has 7 heterocycles. The minimum Gasteiger partial charge on any atom is -0.478 e. The van der Waals surface area contributed by atoms with Crippen LogP contribution >= 0.6 is 0 Å². The van der Waals surface area contributed by atoms with Crippen molar-refractivity contribution in [1.82, 2.24) is 39.0 Å². The SMILES string of the molecule is O=C(NCCN1CCCC1)c1cc2cc(F)cnc2n2c1nc1ccccc12.O=C(O)c1cc2cc(F)cnc2n2c1nc1ccccc12. The van der Waals surface area contributed by atoms with Crippen LogP contribution in [0.15, 0.2) is 85.2 Å². The molecular formula is C36H28F2N8O3. The maximum Gasteiger partial charge on any atom is 0.339 e. The molecule has 0 radical (unpaired) electrons. The topological polar surface area (TPSA) is 130 Å². The zero-order chi connectivity index (χ0) is 33.6. The Morgan fingerprint density at radius 2 is 1.22 bits per heavy atom. The maximum atomic E-state index is 13.8. The van der Waals surface area contributed by atoms with Crippen LogP contribution in [0.25, 0.3) is 55.4 Å². The van der Waals surface area contributed by atoms with Crippen molar-refractivity contribution in [2.45, 2.75) is 12.8 Å². The van der Waals surface area contributed by atoms with E-state index in [2.05, 4.69) is 30.2 Å². The number of hydrogen-bond donors (Lipinski definition) is 2. The quantitative estimate of drug-likeness (QED) is 0.235. The van der Waals surface area contributed by atoms with Gasteiger partial charge in [-0.3, -0.25) is 13.6 Å². The molecule has 49 heavy (non-hydrogen) atoms. The first kappa shape index (κ1) is 30.3. The predicted molar refractivity (Wildman–Crippen MR) is 181 cm³/mol. The number of imidazole rings is 2. The van der Waals surface area contributed by atoms with Crippen molar-refractivity contribution in [3.05, 3.63) is 108 Å². The first-order chi connectivity index (χ1) is 23.9. The Kier molecular flexibility index (Phi) is 7.52. The van der Waals surface area contributed by atoms with Crippen LogP contribution in [0.1, 0.15) is 33.6 Å². The van der Waals surface area contributed by atoms with Gasteiger partial charge in [-0.2, -0.15) is 0 Å². The number of pyridine rings is 4. The second-order valence-corrected chi connectivity index (χ2v) is 11.9. The number of rotatable bonds is 5. The monoisotopic (exact) mass is 658 g/mol. The van der Waals surface area contributed by atoms with Crippen molar-refractivity contribution in [2.75, 3.05) is 26.2 Å². The normalized spacial score (nSPS) is 13.5. The fourth-order valence-corrected chi connectivity index (χ4v) is 6.52. The van der Waals surface area contributed by atoms with Crippen LogP contribution in [0.4, 0.5) is 8.78 Å². The number of para-hydroxylation sites is 4. The van der Waals surface area contributed by atoms with Gasteiger partial charge in [-0.15, -0.1) is 0 Å². The zero-order valence-electron chi connectivity index (χ0n) is 26.0. The Hall–Kier alpha value is -6.08. The number of nitrogens with zero attached hydrogens (tertiary/aromatic N) is 7. The lowest BCUT2D eigenvalue weighted by Gasteiger charge is -2.15. The smallest absolute Gasteiger partial charge is 0.339 e. The summed E-state index contributed by atoms with van der Waals surface area (Å²) in [6.07, 6.45) is 4.74. The first-order valence-electron chi connectivity index (χ1n) is 15.8. The number of aromatic nitrogens is 6. The number of carbonyl (C=O) groups excluding carboxylic acids is 1. The molecule has 11 nitrogen and oxygen atoms in total. The fourth-order valence-electron chi connectivity index (χ4n) is 6.52. The molecule has 0 aliphatic carbocycles. The van der Waals surface area contributed by atoms with Crippen molar-refractivity contribution in [3.8, 4) is 0 Å². The summed E-state index contributed by atoms with van der Waals surface area (Å²) in [4.78, 5) is 44.1. The number of carboxylic acid groups (broad SMARTS) is 1. The molecule has 1 aliphatic rings. The number of benzene rings is 2. The Morgan fingerprint density at radius 3 is 1.78 bits per heavy atom. The minimum absolute atomic E-state index is 0.0195. The van der Waals surface area contributed by atoms with Gasteiger partial charge in [0, 0.05) is 23.9 Å². The van der Waals surface area contributed by atoms with E-state index in [1.807, 2.05) is 46.9 Å². The average molecular weight is 659 g/mol. The fraction of sp³-hybridized carbons (Fsp3) is 0.167. The van der Waals surface area contributed by atoms with E-state index < -0.39 is 17.6 Å². The van der Waals surface area contributed by atoms with Crippen molar-refractivity contribution in [2.24, 2.45) is 0 Å². The summed E-state index contributed by atoms with van der Waals surface area (Å²) in [5.74, 6) is -2.26. The van der Waals surface area contributed by atoms with Crippen LogP contribution in [-0.4, -0.2) is 76.8 Å². The number of carbonyl (C=O) groups is 2. The molecule has 0 bridgehead atoms. The summed E-state index contributed by atoms with van der Waals surface area (Å²) in [6, 6.07) is 20.7. The molecule has 244 valence electrons. The molecule has 1 aliphatic heterocycles. The van der Waals surface area contributed by atoms with E-state index in [-0.39, 0.29) is 11.5 Å². The zero-order valence-corrected chi connectivity index (χ0v) is 26.0. The van der Waals surface area contributed by atoms with E-state index in [1.165, 1.54) is 37.2 Å².